The highest BCUT2D eigenvalue weighted by atomic mass is 16.5. The molecule has 0 aromatic carbocycles. The average Bonchev–Trinajstić information content (AvgIpc) is 2.80. The second-order valence-corrected chi connectivity index (χ2v) is 4.16. The summed E-state index contributed by atoms with van der Waals surface area (Å²) in [5.74, 6) is 0.615. The van der Waals surface area contributed by atoms with E-state index in [0.717, 1.165) is 16.6 Å². The first-order valence-electron chi connectivity index (χ1n) is 5.72. The fourth-order valence-electron chi connectivity index (χ4n) is 1.98. The van der Waals surface area contributed by atoms with Gasteiger partial charge in [-0.15, -0.1) is 0 Å². The molecule has 0 aliphatic rings. The van der Waals surface area contributed by atoms with E-state index in [9.17, 15) is 0 Å². The van der Waals surface area contributed by atoms with Crippen molar-refractivity contribution in [3.05, 3.63) is 48.4 Å². The van der Waals surface area contributed by atoms with Crippen LogP contribution in [0.4, 0.5) is 0 Å². The lowest BCUT2D eigenvalue weighted by Crippen LogP contribution is -1.90. The minimum atomic E-state index is 0.615. The van der Waals surface area contributed by atoms with Gasteiger partial charge in [0.2, 0.25) is 5.88 Å². The number of hydrogen-bond acceptors (Lipinski definition) is 3. The third kappa shape index (κ3) is 1.72. The fourth-order valence-corrected chi connectivity index (χ4v) is 1.98. The minimum Gasteiger partial charge on any atom is -0.481 e. The largest absolute Gasteiger partial charge is 0.481 e. The molecule has 18 heavy (non-hydrogen) atoms. The molecule has 0 fully saturated rings. The van der Waals surface area contributed by atoms with E-state index < -0.39 is 0 Å². The Morgan fingerprint density at radius 1 is 1.17 bits per heavy atom. The maximum Gasteiger partial charge on any atom is 0.213 e. The van der Waals surface area contributed by atoms with Gasteiger partial charge >= 0.3 is 0 Å². The zero-order valence-electron chi connectivity index (χ0n) is 10.3. The molecule has 90 valence electrons. The Hall–Kier alpha value is -2.36. The molecule has 4 nitrogen and oxygen atoms in total. The van der Waals surface area contributed by atoms with E-state index in [1.54, 1.807) is 13.3 Å². The van der Waals surface area contributed by atoms with Crippen LogP contribution < -0.4 is 4.74 Å². The van der Waals surface area contributed by atoms with Crippen molar-refractivity contribution < 1.29 is 4.74 Å². The van der Waals surface area contributed by atoms with Crippen molar-refractivity contribution >= 4 is 5.52 Å². The number of aryl methyl sites for hydroxylation is 1. The lowest BCUT2D eigenvalue weighted by atomic mass is 10.1. The number of rotatable bonds is 2. The molecular weight excluding hydrogens is 226 g/mol. The van der Waals surface area contributed by atoms with Crippen molar-refractivity contribution in [2.45, 2.75) is 6.92 Å². The SMILES string of the molecule is COc1cc(-c2ccc3c(C)cnn3c2)ccn1. The molecule has 0 aliphatic carbocycles. The Bertz CT molecular complexity index is 703. The van der Waals surface area contributed by atoms with Crippen LogP contribution in [0.25, 0.3) is 16.6 Å². The normalized spacial score (nSPS) is 10.8. The highest BCUT2D eigenvalue weighted by molar-refractivity contribution is 5.67. The second-order valence-electron chi connectivity index (χ2n) is 4.16. The van der Waals surface area contributed by atoms with Crippen LogP contribution in [0.5, 0.6) is 5.88 Å². The summed E-state index contributed by atoms with van der Waals surface area (Å²) in [6, 6.07) is 8.03. The van der Waals surface area contributed by atoms with Gasteiger partial charge in [0.05, 0.1) is 18.8 Å². The molecule has 0 amide bonds. The van der Waals surface area contributed by atoms with Crippen LogP contribution in [0.2, 0.25) is 0 Å². The van der Waals surface area contributed by atoms with Crippen LogP contribution in [0.15, 0.2) is 42.9 Å². The fraction of sp³-hybridized carbons (Fsp3) is 0.143. The van der Waals surface area contributed by atoms with Gasteiger partial charge in [-0.05, 0) is 30.2 Å². The van der Waals surface area contributed by atoms with Crippen molar-refractivity contribution in [2.24, 2.45) is 0 Å². The van der Waals surface area contributed by atoms with Crippen LogP contribution in [0.3, 0.4) is 0 Å². The average molecular weight is 239 g/mol. The van der Waals surface area contributed by atoms with E-state index in [2.05, 4.69) is 29.1 Å². The summed E-state index contributed by atoms with van der Waals surface area (Å²) in [6.07, 6.45) is 5.62. The van der Waals surface area contributed by atoms with Crippen molar-refractivity contribution in [3.63, 3.8) is 0 Å². The molecule has 0 spiro atoms. The van der Waals surface area contributed by atoms with Gasteiger partial charge in [-0.25, -0.2) is 9.50 Å². The van der Waals surface area contributed by atoms with E-state index in [1.165, 1.54) is 5.56 Å². The minimum absolute atomic E-state index is 0.615. The molecule has 0 N–H and O–H groups in total. The standard InChI is InChI=1S/C14H13N3O/c1-10-8-16-17-9-12(3-4-13(10)17)11-5-6-15-14(7-11)18-2/h3-9H,1-2H3. The van der Waals surface area contributed by atoms with Gasteiger partial charge < -0.3 is 4.74 Å². The van der Waals surface area contributed by atoms with Gasteiger partial charge in [0, 0.05) is 24.0 Å². The van der Waals surface area contributed by atoms with Gasteiger partial charge in [-0.3, -0.25) is 0 Å². The molecule has 0 atom stereocenters. The number of ether oxygens (including phenoxy) is 1. The van der Waals surface area contributed by atoms with E-state index in [1.807, 2.05) is 29.0 Å². The Morgan fingerprint density at radius 2 is 2.06 bits per heavy atom. The quantitative estimate of drug-likeness (QED) is 0.690. The van der Waals surface area contributed by atoms with Crippen LogP contribution in [0.1, 0.15) is 5.56 Å². The molecule has 0 saturated carbocycles. The van der Waals surface area contributed by atoms with Crippen LogP contribution >= 0.6 is 0 Å². The third-order valence-electron chi connectivity index (χ3n) is 2.99. The molecule has 0 radical (unpaired) electrons. The molecule has 4 heteroatoms. The summed E-state index contributed by atoms with van der Waals surface area (Å²) < 4.78 is 7.02. The maximum absolute atomic E-state index is 5.13. The summed E-state index contributed by atoms with van der Waals surface area (Å²) in [7, 11) is 1.62. The monoisotopic (exact) mass is 239 g/mol. The third-order valence-corrected chi connectivity index (χ3v) is 2.99. The summed E-state index contributed by atoms with van der Waals surface area (Å²) in [6.45, 7) is 2.05. The van der Waals surface area contributed by atoms with Crippen LogP contribution in [-0.4, -0.2) is 21.7 Å². The van der Waals surface area contributed by atoms with E-state index in [0.29, 0.717) is 5.88 Å². The summed E-state index contributed by atoms with van der Waals surface area (Å²) in [5.41, 5.74) is 4.46. The number of methoxy groups -OCH3 is 1. The lowest BCUT2D eigenvalue weighted by Gasteiger charge is -2.04. The molecule has 0 aliphatic heterocycles. The lowest BCUT2D eigenvalue weighted by molar-refractivity contribution is 0.398. The van der Waals surface area contributed by atoms with Crippen molar-refractivity contribution in [1.29, 1.82) is 0 Å². The first kappa shape index (κ1) is 10.8. The first-order valence-corrected chi connectivity index (χ1v) is 5.72. The number of pyridine rings is 2. The molecule has 0 bridgehead atoms. The molecule has 0 unspecified atom stereocenters. The van der Waals surface area contributed by atoms with Crippen molar-refractivity contribution in [1.82, 2.24) is 14.6 Å². The number of hydrogen-bond donors (Lipinski definition) is 0. The van der Waals surface area contributed by atoms with E-state index in [-0.39, 0.29) is 0 Å². The zero-order valence-corrected chi connectivity index (χ0v) is 10.3. The van der Waals surface area contributed by atoms with Crippen LogP contribution in [0, 0.1) is 6.92 Å². The van der Waals surface area contributed by atoms with Crippen molar-refractivity contribution in [2.75, 3.05) is 7.11 Å². The zero-order chi connectivity index (χ0) is 12.5. The number of nitrogens with zero attached hydrogens (tertiary/aromatic N) is 3. The van der Waals surface area contributed by atoms with Gasteiger partial charge in [-0.2, -0.15) is 5.10 Å². The van der Waals surface area contributed by atoms with Crippen LogP contribution in [-0.2, 0) is 0 Å². The smallest absolute Gasteiger partial charge is 0.213 e. The first-order chi connectivity index (χ1) is 8.78. The highest BCUT2D eigenvalue weighted by Crippen LogP contribution is 2.23. The second kappa shape index (κ2) is 4.14. The van der Waals surface area contributed by atoms with E-state index >= 15 is 0 Å². The summed E-state index contributed by atoms with van der Waals surface area (Å²) in [5, 5.41) is 4.32. The highest BCUT2D eigenvalue weighted by Gasteiger charge is 2.04. The Balaban J connectivity index is 2.13. The molecule has 3 aromatic rings. The predicted molar refractivity (Wildman–Crippen MR) is 69.7 cm³/mol. The molecule has 3 heterocycles. The number of aromatic nitrogens is 3. The van der Waals surface area contributed by atoms with E-state index in [4.69, 9.17) is 4.74 Å². The molecule has 3 rings (SSSR count). The molecule has 0 saturated heterocycles. The van der Waals surface area contributed by atoms with Gasteiger partial charge in [0.15, 0.2) is 0 Å². The Morgan fingerprint density at radius 3 is 2.89 bits per heavy atom. The molecule has 3 aromatic heterocycles. The van der Waals surface area contributed by atoms with Gasteiger partial charge in [-0.1, -0.05) is 6.07 Å². The van der Waals surface area contributed by atoms with Gasteiger partial charge in [0.1, 0.15) is 0 Å². The topological polar surface area (TPSA) is 39.4 Å². The maximum atomic E-state index is 5.13. The Labute approximate surface area is 105 Å². The molecular formula is C14H13N3O. The van der Waals surface area contributed by atoms with Gasteiger partial charge in [0.25, 0.3) is 0 Å². The summed E-state index contributed by atoms with van der Waals surface area (Å²) >= 11 is 0. The van der Waals surface area contributed by atoms with Crippen molar-refractivity contribution in [3.8, 4) is 17.0 Å². The Kier molecular flexibility index (Phi) is 2.48. The summed E-state index contributed by atoms with van der Waals surface area (Å²) in [4.78, 5) is 4.11. The number of fused-ring (bicyclic) bond motifs is 1. The predicted octanol–water partition coefficient (Wildman–Crippen LogP) is 2.71.